The van der Waals surface area contributed by atoms with Crippen molar-refractivity contribution in [3.05, 3.63) is 29.1 Å². The number of nitrogens with one attached hydrogen (secondary N) is 1. The number of carboxylic acid groups (broad SMARTS) is 1. The molecule has 1 aliphatic heterocycles. The molecule has 1 aromatic carbocycles. The van der Waals surface area contributed by atoms with Gasteiger partial charge in [-0.15, -0.1) is 0 Å². The molecule has 0 saturated carbocycles. The number of aliphatic imine (C=N–C) groups is 1. The van der Waals surface area contributed by atoms with Crippen molar-refractivity contribution in [1.29, 1.82) is 0 Å². The molecule has 0 spiro atoms. The van der Waals surface area contributed by atoms with Crippen molar-refractivity contribution in [1.82, 2.24) is 10.2 Å². The lowest BCUT2D eigenvalue weighted by Gasteiger charge is -2.35. The summed E-state index contributed by atoms with van der Waals surface area (Å²) in [7, 11) is 1.25. The molecule has 0 saturated heterocycles. The number of nitrogen functional groups attached to an aromatic ring is 1. The number of hydrogen-bond acceptors (Lipinski definition) is 4. The van der Waals surface area contributed by atoms with Gasteiger partial charge in [-0.2, -0.15) is 0 Å². The quantitative estimate of drug-likeness (QED) is 0.676. The van der Waals surface area contributed by atoms with Crippen LogP contribution in [0.4, 0.5) is 23.7 Å². The first-order valence-corrected chi connectivity index (χ1v) is 6.36. The zero-order valence-corrected chi connectivity index (χ0v) is 12.2. The predicted octanol–water partition coefficient (Wildman–Crippen LogP) is 1.39. The summed E-state index contributed by atoms with van der Waals surface area (Å²) >= 11 is 0. The van der Waals surface area contributed by atoms with Gasteiger partial charge in [0, 0.05) is 13.1 Å². The second kappa shape index (κ2) is 5.45. The van der Waals surface area contributed by atoms with E-state index in [2.05, 4.69) is 4.99 Å². The molecular formula is C13H13F3N4O3. The molecule has 124 valence electrons. The van der Waals surface area contributed by atoms with Gasteiger partial charge in [0.05, 0.1) is 12.0 Å². The topological polar surface area (TPSA) is 108 Å². The van der Waals surface area contributed by atoms with Crippen molar-refractivity contribution < 1.29 is 27.9 Å². The molecule has 1 atom stereocenters. The van der Waals surface area contributed by atoms with E-state index in [0.29, 0.717) is 6.07 Å². The van der Waals surface area contributed by atoms with Crippen LogP contribution in [-0.2, 0) is 10.3 Å². The molecule has 2 amide bonds. The summed E-state index contributed by atoms with van der Waals surface area (Å²) in [5.41, 5.74) is 1.83. The Morgan fingerprint density at radius 3 is 2.61 bits per heavy atom. The Labute approximate surface area is 128 Å². The number of carbonyl (C=O) groups is 2. The molecule has 2 rings (SSSR count). The molecular weight excluding hydrogens is 317 g/mol. The largest absolute Gasteiger partial charge is 0.465 e. The lowest BCUT2D eigenvalue weighted by molar-refractivity contribution is -0.128. The number of rotatable bonds is 1. The van der Waals surface area contributed by atoms with E-state index in [4.69, 9.17) is 10.8 Å². The van der Waals surface area contributed by atoms with E-state index in [1.807, 2.05) is 5.32 Å². The summed E-state index contributed by atoms with van der Waals surface area (Å²) in [6.07, 6.45) is -1.96. The van der Waals surface area contributed by atoms with Crippen LogP contribution >= 0.6 is 0 Å². The van der Waals surface area contributed by atoms with Gasteiger partial charge in [-0.3, -0.25) is 15.0 Å². The fourth-order valence-electron chi connectivity index (χ4n) is 2.33. The van der Waals surface area contributed by atoms with Gasteiger partial charge >= 0.3 is 6.09 Å². The number of guanidine groups is 1. The molecule has 0 aliphatic carbocycles. The normalized spacial score (nSPS) is 21.2. The molecule has 0 bridgehead atoms. The number of anilines is 1. The molecule has 0 unspecified atom stereocenters. The molecule has 1 aromatic rings. The lowest BCUT2D eigenvalue weighted by Crippen LogP contribution is -2.51. The summed E-state index contributed by atoms with van der Waals surface area (Å²) in [6.45, 7) is 1.22. The maximum absolute atomic E-state index is 14.2. The van der Waals surface area contributed by atoms with Gasteiger partial charge in [0.2, 0.25) is 11.9 Å². The number of amides is 2. The number of nitrogens with two attached hydrogens (primary N) is 1. The standard InChI is InChI=1S/C13H13F3N4O3/c1-13(8-5(14)3-6(15)10(17)9(8)16)4-7(21)20(2)11(19-13)18-12(22)23/h3H,4,17H2,1-2H3,(H,18,19)(H,22,23)/t13-/m0/s1. The first kappa shape index (κ1) is 16.6. The van der Waals surface area contributed by atoms with Crippen LogP contribution < -0.4 is 11.1 Å². The first-order chi connectivity index (χ1) is 10.6. The van der Waals surface area contributed by atoms with Gasteiger partial charge in [0.1, 0.15) is 17.0 Å². The minimum Gasteiger partial charge on any atom is -0.465 e. The average Bonchev–Trinajstić information content (AvgIpc) is 2.41. The van der Waals surface area contributed by atoms with E-state index in [0.717, 1.165) is 4.90 Å². The van der Waals surface area contributed by atoms with E-state index < -0.39 is 58.6 Å². The number of carbonyl (C=O) groups excluding carboxylic acids is 1. The molecule has 7 nitrogen and oxygen atoms in total. The van der Waals surface area contributed by atoms with Crippen molar-refractivity contribution in [2.24, 2.45) is 4.99 Å². The Balaban J connectivity index is 2.66. The van der Waals surface area contributed by atoms with Crippen molar-refractivity contribution in [2.75, 3.05) is 12.8 Å². The summed E-state index contributed by atoms with van der Waals surface area (Å²) in [4.78, 5) is 27.6. The van der Waals surface area contributed by atoms with Crippen molar-refractivity contribution in [3.63, 3.8) is 0 Å². The summed E-state index contributed by atoms with van der Waals surface area (Å²) < 4.78 is 41.6. The van der Waals surface area contributed by atoms with E-state index in [9.17, 15) is 22.8 Å². The summed E-state index contributed by atoms with van der Waals surface area (Å²) in [5, 5.41) is 10.6. The third-order valence-electron chi connectivity index (χ3n) is 3.50. The monoisotopic (exact) mass is 330 g/mol. The Morgan fingerprint density at radius 2 is 2.04 bits per heavy atom. The highest BCUT2D eigenvalue weighted by Crippen LogP contribution is 2.38. The highest BCUT2D eigenvalue weighted by molar-refractivity contribution is 6.04. The SMILES string of the molecule is CN1C(=O)C[C@@](C)(c2c(F)cc(F)c(N)c2F)N=C1NC(=O)O. The van der Waals surface area contributed by atoms with Gasteiger partial charge in [0.15, 0.2) is 11.6 Å². The smallest absolute Gasteiger partial charge is 0.411 e. The van der Waals surface area contributed by atoms with Crippen LogP contribution in [0.2, 0.25) is 0 Å². The van der Waals surface area contributed by atoms with Crippen LogP contribution in [0, 0.1) is 17.5 Å². The highest BCUT2D eigenvalue weighted by Gasteiger charge is 2.42. The van der Waals surface area contributed by atoms with Crippen LogP contribution in [0.25, 0.3) is 0 Å². The molecule has 23 heavy (non-hydrogen) atoms. The maximum Gasteiger partial charge on any atom is 0.411 e. The van der Waals surface area contributed by atoms with Gasteiger partial charge < -0.3 is 10.8 Å². The van der Waals surface area contributed by atoms with Crippen LogP contribution in [0.3, 0.4) is 0 Å². The Bertz CT molecular complexity index is 738. The van der Waals surface area contributed by atoms with Crippen molar-refractivity contribution >= 4 is 23.6 Å². The lowest BCUT2D eigenvalue weighted by atomic mass is 9.86. The summed E-state index contributed by atoms with van der Waals surface area (Å²) in [6, 6.07) is 0.390. The van der Waals surface area contributed by atoms with Crippen LogP contribution in [0.1, 0.15) is 18.9 Å². The second-order valence-corrected chi connectivity index (χ2v) is 5.21. The number of benzene rings is 1. The van der Waals surface area contributed by atoms with E-state index >= 15 is 0 Å². The summed E-state index contributed by atoms with van der Waals surface area (Å²) in [5.74, 6) is -4.96. The molecule has 0 radical (unpaired) electrons. The van der Waals surface area contributed by atoms with Crippen molar-refractivity contribution in [3.8, 4) is 0 Å². The third kappa shape index (κ3) is 2.79. The Kier molecular flexibility index (Phi) is 3.93. The molecule has 1 heterocycles. The van der Waals surface area contributed by atoms with Crippen LogP contribution in [0.15, 0.2) is 11.1 Å². The number of nitrogens with zero attached hydrogens (tertiary/aromatic N) is 2. The zero-order valence-electron chi connectivity index (χ0n) is 12.2. The van der Waals surface area contributed by atoms with Crippen LogP contribution in [-0.4, -0.2) is 35.0 Å². The van der Waals surface area contributed by atoms with E-state index in [1.165, 1.54) is 14.0 Å². The number of halogens is 3. The third-order valence-corrected chi connectivity index (χ3v) is 3.50. The minimum atomic E-state index is -1.78. The van der Waals surface area contributed by atoms with E-state index in [1.54, 1.807) is 0 Å². The van der Waals surface area contributed by atoms with Gasteiger partial charge in [0.25, 0.3) is 0 Å². The van der Waals surface area contributed by atoms with E-state index in [-0.39, 0.29) is 0 Å². The fourth-order valence-corrected chi connectivity index (χ4v) is 2.33. The number of hydrogen-bond donors (Lipinski definition) is 3. The minimum absolute atomic E-state index is 0.390. The predicted molar refractivity (Wildman–Crippen MR) is 74.1 cm³/mol. The van der Waals surface area contributed by atoms with Crippen molar-refractivity contribution in [2.45, 2.75) is 18.9 Å². The zero-order chi connectivity index (χ0) is 17.5. The van der Waals surface area contributed by atoms with Crippen LogP contribution in [0.5, 0.6) is 0 Å². The maximum atomic E-state index is 14.2. The molecule has 10 heteroatoms. The molecule has 0 fully saturated rings. The van der Waals surface area contributed by atoms with Gasteiger partial charge in [-0.25, -0.2) is 23.0 Å². The second-order valence-electron chi connectivity index (χ2n) is 5.21. The first-order valence-electron chi connectivity index (χ1n) is 6.36. The Morgan fingerprint density at radius 1 is 1.43 bits per heavy atom. The molecule has 4 N–H and O–H groups in total. The van der Waals surface area contributed by atoms with Gasteiger partial charge in [-0.1, -0.05) is 0 Å². The Hall–Kier alpha value is -2.78. The molecule has 1 aliphatic rings. The molecule has 0 aromatic heterocycles. The fraction of sp³-hybridized carbons (Fsp3) is 0.308. The average molecular weight is 330 g/mol. The van der Waals surface area contributed by atoms with Gasteiger partial charge in [-0.05, 0) is 6.92 Å². The highest BCUT2D eigenvalue weighted by atomic mass is 19.1.